The molecule has 0 saturated carbocycles. The number of nitrogens with zero attached hydrogens (tertiary/aromatic N) is 3. The molecule has 1 fully saturated rings. The van der Waals surface area contributed by atoms with Gasteiger partial charge in [0, 0.05) is 17.5 Å². The molecule has 1 aromatic heterocycles. The molecule has 3 aromatic rings. The molecule has 0 bridgehead atoms. The molecule has 0 radical (unpaired) electrons. The summed E-state index contributed by atoms with van der Waals surface area (Å²) in [5.74, 6) is 0.384. The van der Waals surface area contributed by atoms with Gasteiger partial charge in [0.25, 0.3) is 0 Å². The van der Waals surface area contributed by atoms with Crippen molar-refractivity contribution >= 4 is 12.1 Å². The van der Waals surface area contributed by atoms with Crippen LogP contribution in [0, 0.1) is 12.7 Å². The van der Waals surface area contributed by atoms with Gasteiger partial charge in [-0.15, -0.1) is 0 Å². The molecule has 0 unspecified atom stereocenters. The number of hydrogen-bond acceptors (Lipinski definition) is 3. The van der Waals surface area contributed by atoms with E-state index in [9.17, 15) is 9.18 Å². The number of carbonyl (C=O) groups excluding carboxylic acids is 1. The number of aromatic nitrogens is 2. The second-order valence-electron chi connectivity index (χ2n) is 9.01. The molecule has 34 heavy (non-hydrogen) atoms. The summed E-state index contributed by atoms with van der Waals surface area (Å²) in [6.07, 6.45) is 5.70. The van der Waals surface area contributed by atoms with Gasteiger partial charge in [-0.05, 0) is 69.2 Å². The number of hydrogen-bond donors (Lipinski definition) is 1. The van der Waals surface area contributed by atoms with Gasteiger partial charge in [0.05, 0.1) is 36.4 Å². The number of halogens is 1. The first kappa shape index (κ1) is 23.3. The van der Waals surface area contributed by atoms with Crippen LogP contribution in [-0.2, 0) is 0 Å². The highest BCUT2D eigenvalue weighted by Gasteiger charge is 2.40. The van der Waals surface area contributed by atoms with Gasteiger partial charge in [-0.2, -0.15) is 0 Å². The van der Waals surface area contributed by atoms with Crippen molar-refractivity contribution in [3.8, 4) is 11.4 Å². The minimum Gasteiger partial charge on any atom is -0.495 e. The lowest BCUT2D eigenvalue weighted by atomic mass is 9.86. The third-order valence-corrected chi connectivity index (χ3v) is 6.16. The fraction of sp³-hybridized carbons (Fsp3) is 0.259. The van der Waals surface area contributed by atoms with Crippen molar-refractivity contribution in [3.05, 3.63) is 95.5 Å². The van der Waals surface area contributed by atoms with E-state index >= 15 is 0 Å². The molecule has 1 saturated heterocycles. The van der Waals surface area contributed by atoms with E-state index in [1.165, 1.54) is 12.1 Å². The zero-order valence-electron chi connectivity index (χ0n) is 20.1. The molecule has 1 N–H and O–H groups in total. The van der Waals surface area contributed by atoms with E-state index in [2.05, 4.69) is 16.9 Å². The lowest BCUT2D eigenvalue weighted by molar-refractivity contribution is 0.179. The van der Waals surface area contributed by atoms with Gasteiger partial charge >= 0.3 is 6.03 Å². The molecule has 0 aliphatic carbocycles. The number of ether oxygens (including phenoxy) is 1. The summed E-state index contributed by atoms with van der Waals surface area (Å²) in [6, 6.07) is 11.5. The smallest absolute Gasteiger partial charge is 0.323 e. The van der Waals surface area contributed by atoms with Gasteiger partial charge < -0.3 is 14.6 Å². The van der Waals surface area contributed by atoms with E-state index in [1.54, 1.807) is 30.5 Å². The van der Waals surface area contributed by atoms with Gasteiger partial charge in [0.2, 0.25) is 0 Å². The number of aryl methyl sites for hydroxylation is 1. The Hall–Kier alpha value is -3.87. The summed E-state index contributed by atoms with van der Waals surface area (Å²) in [4.78, 5) is 18.9. The van der Waals surface area contributed by atoms with Crippen LogP contribution in [-0.4, -0.2) is 33.1 Å². The molecule has 176 valence electrons. The summed E-state index contributed by atoms with van der Waals surface area (Å²) in [5, 5.41) is 3.08. The third-order valence-electron chi connectivity index (χ3n) is 6.16. The Balaban J connectivity index is 1.71. The van der Waals surface area contributed by atoms with Crippen molar-refractivity contribution in [3.63, 3.8) is 0 Å². The Morgan fingerprint density at radius 3 is 2.53 bits per heavy atom. The number of nitrogens with one attached hydrogen (secondary N) is 1. The lowest BCUT2D eigenvalue weighted by Gasteiger charge is -2.44. The van der Waals surface area contributed by atoms with Crippen LogP contribution in [0.4, 0.5) is 9.18 Å². The van der Waals surface area contributed by atoms with E-state index in [-0.39, 0.29) is 17.9 Å². The number of urea groups is 1. The van der Waals surface area contributed by atoms with Crippen LogP contribution in [0.3, 0.4) is 0 Å². The SMILES string of the molecule is C=C1/C(=C/c2ccc(-n3cnc(C)c3)c(OC)c2)C(C)(C)NC(=O)N1[C@H](C)c1ccc(F)cc1. The molecular weight excluding hydrogens is 431 g/mol. The number of amides is 2. The van der Waals surface area contributed by atoms with E-state index in [4.69, 9.17) is 4.74 Å². The summed E-state index contributed by atoms with van der Waals surface area (Å²) in [5.41, 5.74) is 4.35. The van der Waals surface area contributed by atoms with Crippen LogP contribution < -0.4 is 10.1 Å². The van der Waals surface area contributed by atoms with Crippen LogP contribution in [0.15, 0.2) is 72.8 Å². The molecule has 1 aliphatic rings. The van der Waals surface area contributed by atoms with Gasteiger partial charge in [-0.25, -0.2) is 14.2 Å². The minimum atomic E-state index is -0.638. The van der Waals surface area contributed by atoms with E-state index in [0.717, 1.165) is 28.1 Å². The van der Waals surface area contributed by atoms with Gasteiger partial charge in [-0.3, -0.25) is 4.90 Å². The number of imidazole rings is 1. The molecule has 6 nitrogen and oxygen atoms in total. The first-order valence-electron chi connectivity index (χ1n) is 11.1. The highest BCUT2D eigenvalue weighted by molar-refractivity contribution is 5.84. The predicted octanol–water partition coefficient (Wildman–Crippen LogP) is 5.79. The molecule has 7 heteroatoms. The van der Waals surface area contributed by atoms with Crippen molar-refractivity contribution < 1.29 is 13.9 Å². The maximum atomic E-state index is 13.4. The molecular formula is C27H29FN4O2. The zero-order chi connectivity index (χ0) is 24.6. The standard InChI is InChI=1S/C27H29FN4O2/c1-17-15-31(16-29-17)24-12-7-20(14-25(24)34-6)13-23-19(3)32(26(33)30-27(23,4)5)18(2)21-8-10-22(28)11-9-21/h7-16,18H,3H2,1-2,4-6H3,(H,30,33)/b23-13-/t18-/m1/s1. The Morgan fingerprint density at radius 1 is 1.21 bits per heavy atom. The summed E-state index contributed by atoms with van der Waals surface area (Å²) in [6.45, 7) is 12.0. The van der Waals surface area contributed by atoms with Crippen LogP contribution in [0.1, 0.15) is 43.6 Å². The molecule has 4 rings (SSSR count). The lowest BCUT2D eigenvalue weighted by Crippen LogP contribution is -2.57. The van der Waals surface area contributed by atoms with Gasteiger partial charge in [0.1, 0.15) is 11.6 Å². The van der Waals surface area contributed by atoms with E-state index in [0.29, 0.717) is 11.4 Å². The topological polar surface area (TPSA) is 59.4 Å². The molecule has 1 atom stereocenters. The average Bonchev–Trinajstić information content (AvgIpc) is 3.22. The monoisotopic (exact) mass is 460 g/mol. The minimum absolute atomic E-state index is 0.243. The summed E-state index contributed by atoms with van der Waals surface area (Å²) in [7, 11) is 1.63. The summed E-state index contributed by atoms with van der Waals surface area (Å²) >= 11 is 0. The quantitative estimate of drug-likeness (QED) is 0.524. The van der Waals surface area contributed by atoms with E-state index < -0.39 is 5.54 Å². The van der Waals surface area contributed by atoms with Crippen LogP contribution in [0.2, 0.25) is 0 Å². The highest BCUT2D eigenvalue weighted by Crippen LogP contribution is 2.37. The maximum absolute atomic E-state index is 13.4. The Labute approximate surface area is 199 Å². The van der Waals surface area contributed by atoms with Crippen molar-refractivity contribution in [1.82, 2.24) is 19.8 Å². The normalized spacial score (nSPS) is 17.6. The maximum Gasteiger partial charge on any atom is 0.323 e. The average molecular weight is 461 g/mol. The first-order valence-corrected chi connectivity index (χ1v) is 11.1. The predicted molar refractivity (Wildman–Crippen MR) is 131 cm³/mol. The number of benzene rings is 2. The van der Waals surface area contributed by atoms with Crippen molar-refractivity contribution in [2.75, 3.05) is 7.11 Å². The molecule has 0 spiro atoms. The van der Waals surface area contributed by atoms with Crippen LogP contribution >= 0.6 is 0 Å². The number of rotatable bonds is 5. The largest absolute Gasteiger partial charge is 0.495 e. The Kier molecular flexibility index (Phi) is 6.04. The van der Waals surface area contributed by atoms with Gasteiger partial charge in [0.15, 0.2) is 0 Å². The molecule has 1 aliphatic heterocycles. The van der Waals surface area contributed by atoms with Crippen molar-refractivity contribution in [1.29, 1.82) is 0 Å². The first-order chi connectivity index (χ1) is 16.1. The molecule has 2 heterocycles. The fourth-order valence-electron chi connectivity index (χ4n) is 4.29. The van der Waals surface area contributed by atoms with Crippen LogP contribution in [0.25, 0.3) is 11.8 Å². The second-order valence-corrected chi connectivity index (χ2v) is 9.01. The van der Waals surface area contributed by atoms with E-state index in [1.807, 2.05) is 62.7 Å². The van der Waals surface area contributed by atoms with Crippen LogP contribution in [0.5, 0.6) is 5.75 Å². The number of carbonyl (C=O) groups is 1. The second kappa shape index (κ2) is 8.82. The number of methoxy groups -OCH3 is 1. The zero-order valence-corrected chi connectivity index (χ0v) is 20.1. The van der Waals surface area contributed by atoms with Crippen molar-refractivity contribution in [2.24, 2.45) is 0 Å². The van der Waals surface area contributed by atoms with Gasteiger partial charge in [-0.1, -0.05) is 24.8 Å². The highest BCUT2D eigenvalue weighted by atomic mass is 19.1. The molecule has 2 amide bonds. The Morgan fingerprint density at radius 2 is 1.91 bits per heavy atom. The molecule has 2 aromatic carbocycles. The Bertz CT molecular complexity index is 1270. The summed E-state index contributed by atoms with van der Waals surface area (Å²) < 4.78 is 21.0. The fourth-order valence-corrected chi connectivity index (χ4v) is 4.29. The third kappa shape index (κ3) is 4.33. The van der Waals surface area contributed by atoms with Crippen molar-refractivity contribution in [2.45, 2.75) is 39.3 Å².